The predicted molar refractivity (Wildman–Crippen MR) is 110 cm³/mol. The topological polar surface area (TPSA) is 86.7 Å². The van der Waals surface area contributed by atoms with Gasteiger partial charge in [0.2, 0.25) is 5.91 Å². The highest BCUT2D eigenvalue weighted by Crippen LogP contribution is 2.22. The third-order valence-corrected chi connectivity index (χ3v) is 5.21. The largest absolute Gasteiger partial charge is 0.479 e. The lowest BCUT2D eigenvalue weighted by molar-refractivity contribution is -0.143. The molecule has 29 heavy (non-hydrogen) atoms. The van der Waals surface area contributed by atoms with Gasteiger partial charge < -0.3 is 15.3 Å². The summed E-state index contributed by atoms with van der Waals surface area (Å²) in [6, 6.07) is 13.2. The lowest BCUT2D eigenvalue weighted by Crippen LogP contribution is -2.47. The summed E-state index contributed by atoms with van der Waals surface area (Å²) < 4.78 is 0. The summed E-state index contributed by atoms with van der Waals surface area (Å²) in [7, 11) is 0. The van der Waals surface area contributed by atoms with Crippen LogP contribution in [0.15, 0.2) is 48.5 Å². The number of hydrogen-bond donors (Lipinski definition) is 2. The van der Waals surface area contributed by atoms with Crippen molar-refractivity contribution in [3.63, 3.8) is 0 Å². The molecule has 0 radical (unpaired) electrons. The number of carbonyl (C=O) groups is 3. The fraction of sp³-hybridized carbons (Fsp3) is 0.348. The summed E-state index contributed by atoms with van der Waals surface area (Å²) in [4.78, 5) is 39.1. The van der Waals surface area contributed by atoms with Crippen LogP contribution in [0.1, 0.15) is 45.9 Å². The number of piperidine rings is 1. The van der Waals surface area contributed by atoms with Gasteiger partial charge in [-0.15, -0.1) is 0 Å². The number of aryl methyl sites for hydroxylation is 2. The van der Waals surface area contributed by atoms with Crippen LogP contribution in [0.25, 0.3) is 0 Å². The number of nitrogens with one attached hydrogen (secondary N) is 1. The van der Waals surface area contributed by atoms with Crippen molar-refractivity contribution in [3.8, 4) is 0 Å². The molecule has 1 heterocycles. The third kappa shape index (κ3) is 5.02. The standard InChI is InChI=1S/C23H26N2O4/c1-15-11-16(2)13-19(12-15)22(27)25-10-6-9-18(14-25)21(26)24-20(23(28)29)17-7-4-3-5-8-17/h3-5,7-8,11-13,18,20H,6,9-10,14H2,1-2H3,(H,24,26)(H,28,29). The molecule has 0 saturated carbocycles. The number of carbonyl (C=O) groups excluding carboxylic acids is 2. The highest BCUT2D eigenvalue weighted by molar-refractivity contribution is 5.95. The second kappa shape index (κ2) is 8.90. The van der Waals surface area contributed by atoms with E-state index >= 15 is 0 Å². The average molecular weight is 394 g/mol. The van der Waals surface area contributed by atoms with E-state index in [1.54, 1.807) is 35.2 Å². The molecule has 3 rings (SSSR count). The van der Waals surface area contributed by atoms with Gasteiger partial charge in [0, 0.05) is 18.7 Å². The highest BCUT2D eigenvalue weighted by atomic mass is 16.4. The first kappa shape index (κ1) is 20.6. The van der Waals surface area contributed by atoms with E-state index in [4.69, 9.17) is 0 Å². The van der Waals surface area contributed by atoms with Crippen molar-refractivity contribution in [2.45, 2.75) is 32.7 Å². The first-order valence-electron chi connectivity index (χ1n) is 9.81. The van der Waals surface area contributed by atoms with E-state index in [0.717, 1.165) is 11.1 Å². The summed E-state index contributed by atoms with van der Waals surface area (Å²) in [5.41, 5.74) is 3.18. The maximum absolute atomic E-state index is 12.9. The van der Waals surface area contributed by atoms with Crippen molar-refractivity contribution in [3.05, 3.63) is 70.8 Å². The number of likely N-dealkylation sites (tertiary alicyclic amines) is 1. The molecule has 0 spiro atoms. The molecule has 0 aliphatic carbocycles. The molecule has 2 unspecified atom stereocenters. The van der Waals surface area contributed by atoms with E-state index < -0.39 is 17.9 Å². The molecular formula is C23H26N2O4. The summed E-state index contributed by atoms with van der Waals surface area (Å²) in [5.74, 6) is -1.96. The number of amides is 2. The number of aliphatic carboxylic acids is 1. The average Bonchev–Trinajstić information content (AvgIpc) is 2.71. The number of nitrogens with zero attached hydrogens (tertiary/aromatic N) is 1. The fourth-order valence-electron chi connectivity index (χ4n) is 3.85. The molecule has 6 heteroatoms. The lowest BCUT2D eigenvalue weighted by Gasteiger charge is -2.33. The van der Waals surface area contributed by atoms with Crippen LogP contribution < -0.4 is 5.32 Å². The van der Waals surface area contributed by atoms with Crippen LogP contribution in [-0.4, -0.2) is 40.9 Å². The van der Waals surface area contributed by atoms with Gasteiger partial charge in [0.25, 0.3) is 5.91 Å². The molecule has 1 fully saturated rings. The van der Waals surface area contributed by atoms with Gasteiger partial charge in [0.05, 0.1) is 5.92 Å². The van der Waals surface area contributed by atoms with E-state index in [1.165, 1.54) is 0 Å². The number of carboxylic acids is 1. The van der Waals surface area contributed by atoms with E-state index in [-0.39, 0.29) is 11.8 Å². The first-order valence-corrected chi connectivity index (χ1v) is 9.81. The van der Waals surface area contributed by atoms with Gasteiger partial charge in [0.15, 0.2) is 6.04 Å². The van der Waals surface area contributed by atoms with Crippen LogP contribution >= 0.6 is 0 Å². The van der Waals surface area contributed by atoms with Crippen LogP contribution in [0.2, 0.25) is 0 Å². The van der Waals surface area contributed by atoms with Crippen molar-refractivity contribution in [2.24, 2.45) is 5.92 Å². The Morgan fingerprint density at radius 1 is 1.07 bits per heavy atom. The second-order valence-corrected chi connectivity index (χ2v) is 7.66. The van der Waals surface area contributed by atoms with Crippen LogP contribution in [0, 0.1) is 19.8 Å². The van der Waals surface area contributed by atoms with E-state index in [1.807, 2.05) is 32.0 Å². The van der Waals surface area contributed by atoms with E-state index in [9.17, 15) is 19.5 Å². The Morgan fingerprint density at radius 3 is 2.34 bits per heavy atom. The quantitative estimate of drug-likeness (QED) is 0.816. The minimum Gasteiger partial charge on any atom is -0.479 e. The van der Waals surface area contributed by atoms with Crippen molar-refractivity contribution in [1.82, 2.24) is 10.2 Å². The third-order valence-electron chi connectivity index (χ3n) is 5.21. The normalized spacial score (nSPS) is 17.4. The number of benzene rings is 2. The molecule has 2 aromatic rings. The Labute approximate surface area is 170 Å². The van der Waals surface area contributed by atoms with Gasteiger partial charge in [0.1, 0.15) is 0 Å². The molecule has 1 aliphatic heterocycles. The molecule has 2 atom stereocenters. The summed E-state index contributed by atoms with van der Waals surface area (Å²) >= 11 is 0. The molecule has 0 bridgehead atoms. The zero-order valence-electron chi connectivity index (χ0n) is 16.7. The Kier molecular flexibility index (Phi) is 6.32. The Bertz CT molecular complexity index is 890. The van der Waals surface area contributed by atoms with Gasteiger partial charge >= 0.3 is 5.97 Å². The van der Waals surface area contributed by atoms with Gasteiger partial charge in [-0.1, -0.05) is 47.5 Å². The molecule has 152 valence electrons. The van der Waals surface area contributed by atoms with Gasteiger partial charge in [-0.2, -0.15) is 0 Å². The zero-order chi connectivity index (χ0) is 21.0. The Balaban J connectivity index is 1.70. The number of rotatable bonds is 5. The predicted octanol–water partition coefficient (Wildman–Crippen LogP) is 3.10. The van der Waals surface area contributed by atoms with Crippen molar-refractivity contribution in [1.29, 1.82) is 0 Å². The highest BCUT2D eigenvalue weighted by Gasteiger charge is 2.31. The SMILES string of the molecule is Cc1cc(C)cc(C(=O)N2CCCC(C(=O)NC(C(=O)O)c3ccccc3)C2)c1. The molecule has 6 nitrogen and oxygen atoms in total. The van der Waals surface area contributed by atoms with E-state index in [0.29, 0.717) is 37.1 Å². The lowest BCUT2D eigenvalue weighted by atomic mass is 9.95. The second-order valence-electron chi connectivity index (χ2n) is 7.66. The molecule has 0 aromatic heterocycles. The zero-order valence-corrected chi connectivity index (χ0v) is 16.7. The molecule has 1 saturated heterocycles. The molecule has 2 N–H and O–H groups in total. The van der Waals surface area contributed by atoms with Crippen molar-refractivity contribution in [2.75, 3.05) is 13.1 Å². The van der Waals surface area contributed by atoms with E-state index in [2.05, 4.69) is 5.32 Å². The monoisotopic (exact) mass is 394 g/mol. The minimum atomic E-state index is -1.11. The van der Waals surface area contributed by atoms with Crippen LogP contribution in [0.3, 0.4) is 0 Å². The van der Waals surface area contributed by atoms with Crippen LogP contribution in [-0.2, 0) is 9.59 Å². The maximum atomic E-state index is 12.9. The fourth-order valence-corrected chi connectivity index (χ4v) is 3.85. The molecule has 1 aliphatic rings. The minimum absolute atomic E-state index is 0.0906. The van der Waals surface area contributed by atoms with Crippen molar-refractivity contribution >= 4 is 17.8 Å². The Hall–Kier alpha value is -3.15. The number of hydrogen-bond acceptors (Lipinski definition) is 3. The summed E-state index contributed by atoms with van der Waals surface area (Å²) in [6.45, 7) is 4.78. The summed E-state index contributed by atoms with van der Waals surface area (Å²) in [5, 5.41) is 12.2. The Morgan fingerprint density at radius 2 is 1.72 bits per heavy atom. The van der Waals surface area contributed by atoms with Crippen LogP contribution in [0.5, 0.6) is 0 Å². The summed E-state index contributed by atoms with van der Waals surface area (Å²) in [6.07, 6.45) is 1.33. The maximum Gasteiger partial charge on any atom is 0.330 e. The number of carboxylic acid groups (broad SMARTS) is 1. The van der Waals surface area contributed by atoms with Gasteiger partial charge in [-0.05, 0) is 44.4 Å². The molecular weight excluding hydrogens is 368 g/mol. The van der Waals surface area contributed by atoms with Crippen molar-refractivity contribution < 1.29 is 19.5 Å². The molecule has 2 aromatic carbocycles. The smallest absolute Gasteiger partial charge is 0.330 e. The van der Waals surface area contributed by atoms with Crippen LogP contribution in [0.4, 0.5) is 0 Å². The molecule has 2 amide bonds. The van der Waals surface area contributed by atoms with Gasteiger partial charge in [-0.25, -0.2) is 4.79 Å². The van der Waals surface area contributed by atoms with Gasteiger partial charge in [-0.3, -0.25) is 9.59 Å². The first-order chi connectivity index (χ1) is 13.8.